The molecule has 0 N–H and O–H groups in total. The van der Waals surface area contributed by atoms with Crippen LogP contribution in [-0.2, 0) is 11.2 Å². The quantitative estimate of drug-likeness (QED) is 0.607. The Bertz CT molecular complexity index is 728. The van der Waals surface area contributed by atoms with E-state index in [1.807, 2.05) is 6.07 Å². The number of carbonyl (C=O) groups is 1. The molecule has 3 aliphatic rings. The van der Waals surface area contributed by atoms with Crippen LogP contribution in [0.5, 0.6) is 5.75 Å². The summed E-state index contributed by atoms with van der Waals surface area (Å²) in [5.41, 5.74) is 2.22. The molecule has 0 bridgehead atoms. The number of nitro groups is 1. The van der Waals surface area contributed by atoms with Gasteiger partial charge in [-0.05, 0) is 67.1 Å². The number of fused-ring (bicyclic) bond motifs is 5. The molecule has 0 spiro atoms. The summed E-state index contributed by atoms with van der Waals surface area (Å²) in [5, 5.41) is 11.4. The van der Waals surface area contributed by atoms with Crippen molar-refractivity contribution in [3.05, 3.63) is 33.4 Å². The van der Waals surface area contributed by atoms with E-state index in [0.717, 1.165) is 37.7 Å². The molecule has 1 aromatic rings. The Labute approximate surface area is 141 Å². The van der Waals surface area contributed by atoms with Gasteiger partial charge < -0.3 is 4.74 Å². The summed E-state index contributed by atoms with van der Waals surface area (Å²) in [4.78, 5) is 23.4. The van der Waals surface area contributed by atoms with E-state index in [1.165, 1.54) is 12.7 Å². The number of ketones is 1. The lowest BCUT2D eigenvalue weighted by molar-refractivity contribution is -0.385. The van der Waals surface area contributed by atoms with Crippen LogP contribution in [0, 0.1) is 27.4 Å². The number of Topliss-reactive ketones (excluding diaryl/α,β-unsaturated/α-hetero) is 1. The maximum atomic E-state index is 12.4. The lowest BCUT2D eigenvalue weighted by atomic mass is 9.55. The smallest absolute Gasteiger partial charge is 0.311 e. The molecular weight excluding hydrogens is 306 g/mol. The van der Waals surface area contributed by atoms with Crippen molar-refractivity contribution in [1.82, 2.24) is 0 Å². The van der Waals surface area contributed by atoms with Crippen molar-refractivity contribution in [3.8, 4) is 5.75 Å². The zero-order valence-electron chi connectivity index (χ0n) is 14.2. The second-order valence-corrected chi connectivity index (χ2v) is 7.81. The molecule has 0 heterocycles. The number of ether oxygens (including phenoxy) is 1. The second-order valence-electron chi connectivity index (χ2n) is 7.81. The summed E-state index contributed by atoms with van der Waals surface area (Å²) in [5.74, 6) is 2.06. The van der Waals surface area contributed by atoms with Crippen molar-refractivity contribution in [2.45, 2.75) is 51.4 Å². The fourth-order valence-corrected chi connectivity index (χ4v) is 5.66. The molecule has 0 saturated heterocycles. The van der Waals surface area contributed by atoms with Gasteiger partial charge in [-0.1, -0.05) is 6.92 Å². The summed E-state index contributed by atoms with van der Waals surface area (Å²) in [7, 11) is 1.48. The Balaban J connectivity index is 1.76. The average molecular weight is 329 g/mol. The molecule has 5 heteroatoms. The third-order valence-corrected chi connectivity index (χ3v) is 6.93. The molecule has 2 fully saturated rings. The molecule has 0 aliphatic heterocycles. The van der Waals surface area contributed by atoms with Gasteiger partial charge in [0, 0.05) is 17.9 Å². The minimum atomic E-state index is -0.352. The van der Waals surface area contributed by atoms with Crippen LogP contribution in [0.3, 0.4) is 0 Å². The minimum Gasteiger partial charge on any atom is -0.490 e. The van der Waals surface area contributed by atoms with Crippen LogP contribution in [-0.4, -0.2) is 17.8 Å². The first-order valence-corrected chi connectivity index (χ1v) is 8.84. The van der Waals surface area contributed by atoms with Crippen molar-refractivity contribution < 1.29 is 14.5 Å². The van der Waals surface area contributed by atoms with E-state index in [4.69, 9.17) is 4.74 Å². The van der Waals surface area contributed by atoms with Crippen molar-refractivity contribution in [2.24, 2.45) is 17.3 Å². The van der Waals surface area contributed by atoms with Gasteiger partial charge in [0.05, 0.1) is 12.0 Å². The first-order valence-electron chi connectivity index (χ1n) is 8.84. The van der Waals surface area contributed by atoms with Gasteiger partial charge in [0.1, 0.15) is 5.78 Å². The SMILES string of the molecule is COc1cc2c(cc1[N+](=O)[O-])[C@@H]1CC[C@]3(C)C(=O)CC[C@H]3[C@H]1CC2. The van der Waals surface area contributed by atoms with Crippen LogP contribution in [0.2, 0.25) is 0 Å². The van der Waals surface area contributed by atoms with Crippen molar-refractivity contribution in [3.63, 3.8) is 0 Å². The molecule has 128 valence electrons. The Morgan fingerprint density at radius 1 is 1.25 bits per heavy atom. The zero-order chi connectivity index (χ0) is 17.1. The van der Waals surface area contributed by atoms with Gasteiger partial charge in [-0.3, -0.25) is 14.9 Å². The Morgan fingerprint density at radius 3 is 2.75 bits per heavy atom. The highest BCUT2D eigenvalue weighted by Gasteiger charge is 2.54. The number of hydrogen-bond acceptors (Lipinski definition) is 4. The molecule has 4 atom stereocenters. The van der Waals surface area contributed by atoms with Gasteiger partial charge in [0.15, 0.2) is 5.75 Å². The highest BCUT2D eigenvalue weighted by Crippen LogP contribution is 2.60. The Morgan fingerprint density at radius 2 is 2.04 bits per heavy atom. The summed E-state index contributed by atoms with van der Waals surface area (Å²) in [6, 6.07) is 3.60. The number of aryl methyl sites for hydroxylation is 1. The van der Waals surface area contributed by atoms with Crippen LogP contribution in [0.25, 0.3) is 0 Å². The number of nitrogens with zero attached hydrogens (tertiary/aromatic N) is 1. The van der Waals surface area contributed by atoms with Crippen LogP contribution >= 0.6 is 0 Å². The van der Waals surface area contributed by atoms with Gasteiger partial charge in [0.2, 0.25) is 0 Å². The highest BCUT2D eigenvalue weighted by molar-refractivity contribution is 5.87. The fourth-order valence-electron chi connectivity index (χ4n) is 5.66. The molecule has 0 unspecified atom stereocenters. The van der Waals surface area contributed by atoms with E-state index in [2.05, 4.69) is 6.92 Å². The summed E-state index contributed by atoms with van der Waals surface area (Å²) >= 11 is 0. The number of hydrogen-bond donors (Lipinski definition) is 0. The lowest BCUT2D eigenvalue weighted by Crippen LogP contribution is -2.42. The van der Waals surface area contributed by atoms with Crippen LogP contribution in [0.4, 0.5) is 5.69 Å². The maximum absolute atomic E-state index is 12.4. The topological polar surface area (TPSA) is 69.4 Å². The summed E-state index contributed by atoms with van der Waals surface area (Å²) in [6.45, 7) is 2.15. The number of nitro benzene ring substituents is 1. The fraction of sp³-hybridized carbons (Fsp3) is 0.632. The number of methoxy groups -OCH3 is 1. The standard InChI is InChI=1S/C19H23NO4/c1-19-8-7-12-13(15(19)5-6-18(19)21)4-3-11-9-17(24-2)16(20(22)23)10-14(11)12/h9-10,12-13,15H,3-8H2,1-2H3/t12-,13+,15+,19+/m1/s1. The van der Waals surface area contributed by atoms with Crippen molar-refractivity contribution >= 4 is 11.5 Å². The predicted octanol–water partition coefficient (Wildman–Crippen LogP) is 4.03. The normalized spacial score (nSPS) is 34.2. The molecule has 0 aromatic heterocycles. The van der Waals surface area contributed by atoms with E-state index in [0.29, 0.717) is 35.7 Å². The van der Waals surface area contributed by atoms with Gasteiger partial charge in [0.25, 0.3) is 0 Å². The molecule has 0 amide bonds. The number of rotatable bonds is 2. The van der Waals surface area contributed by atoms with Gasteiger partial charge >= 0.3 is 5.69 Å². The van der Waals surface area contributed by atoms with Crippen molar-refractivity contribution in [1.29, 1.82) is 0 Å². The first-order chi connectivity index (χ1) is 11.5. The monoisotopic (exact) mass is 329 g/mol. The molecule has 5 nitrogen and oxygen atoms in total. The van der Waals surface area contributed by atoms with E-state index in [9.17, 15) is 14.9 Å². The average Bonchev–Trinajstić information content (AvgIpc) is 2.88. The summed E-state index contributed by atoms with van der Waals surface area (Å²) in [6.07, 6.45) is 5.57. The third-order valence-electron chi connectivity index (χ3n) is 6.93. The maximum Gasteiger partial charge on any atom is 0.311 e. The predicted molar refractivity (Wildman–Crippen MR) is 89.3 cm³/mol. The number of carbonyl (C=O) groups excluding carboxylic acids is 1. The van der Waals surface area contributed by atoms with Crippen LogP contribution < -0.4 is 4.74 Å². The zero-order valence-corrected chi connectivity index (χ0v) is 14.2. The molecule has 2 saturated carbocycles. The lowest BCUT2D eigenvalue weighted by Gasteiger charge is -2.48. The Hall–Kier alpha value is -1.91. The summed E-state index contributed by atoms with van der Waals surface area (Å²) < 4.78 is 5.22. The Kier molecular flexibility index (Phi) is 3.44. The van der Waals surface area contributed by atoms with E-state index >= 15 is 0 Å². The molecule has 1 aromatic carbocycles. The third kappa shape index (κ3) is 2.03. The molecule has 4 rings (SSSR count). The minimum absolute atomic E-state index is 0.0627. The molecular formula is C19H23NO4. The molecule has 0 radical (unpaired) electrons. The van der Waals surface area contributed by atoms with E-state index < -0.39 is 0 Å². The van der Waals surface area contributed by atoms with Crippen molar-refractivity contribution in [2.75, 3.05) is 7.11 Å². The van der Waals surface area contributed by atoms with E-state index in [-0.39, 0.29) is 16.0 Å². The first kappa shape index (κ1) is 15.6. The van der Waals surface area contributed by atoms with Gasteiger partial charge in [-0.2, -0.15) is 0 Å². The second kappa shape index (κ2) is 5.30. The molecule has 3 aliphatic carbocycles. The van der Waals surface area contributed by atoms with Crippen LogP contribution in [0.1, 0.15) is 56.1 Å². The van der Waals surface area contributed by atoms with Gasteiger partial charge in [-0.25, -0.2) is 0 Å². The number of benzene rings is 1. The van der Waals surface area contributed by atoms with Gasteiger partial charge in [-0.15, -0.1) is 0 Å². The van der Waals surface area contributed by atoms with E-state index in [1.54, 1.807) is 6.07 Å². The largest absolute Gasteiger partial charge is 0.490 e. The van der Waals surface area contributed by atoms with Crippen LogP contribution in [0.15, 0.2) is 12.1 Å². The highest BCUT2D eigenvalue weighted by atomic mass is 16.6. The molecule has 24 heavy (non-hydrogen) atoms.